The lowest BCUT2D eigenvalue weighted by atomic mass is 10.1. The molecule has 0 saturated heterocycles. The number of phosphoric ester groups is 1. The largest absolute Gasteiger partial charge is 0.472 e. The number of unbranched alkanes of at least 4 members (excludes halogenated alkanes) is 12. The Hall–Kier alpha value is -2.84. The fourth-order valence-corrected chi connectivity index (χ4v) is 6.60. The van der Waals surface area contributed by atoms with Crippen molar-refractivity contribution < 1.29 is 32.8 Å². The molecule has 0 rings (SSSR count). The monoisotopic (exact) mass is 856 g/mol. The van der Waals surface area contributed by atoms with Gasteiger partial charge in [0.25, 0.3) is 0 Å². The van der Waals surface area contributed by atoms with Crippen molar-refractivity contribution in [3.63, 3.8) is 0 Å². The zero-order valence-corrected chi connectivity index (χ0v) is 38.8. The van der Waals surface area contributed by atoms with E-state index >= 15 is 0 Å². The Bertz CT molecular complexity index is 1280. The highest BCUT2D eigenvalue weighted by Crippen LogP contribution is 2.43. The summed E-state index contributed by atoms with van der Waals surface area (Å²) in [7, 11) is -4.30. The first-order valence-corrected chi connectivity index (χ1v) is 24.9. The molecule has 0 aromatic rings. The Morgan fingerprint density at radius 2 is 0.883 bits per heavy atom. The van der Waals surface area contributed by atoms with E-state index < -0.39 is 13.9 Å². The van der Waals surface area contributed by atoms with Crippen LogP contribution in [-0.2, 0) is 27.9 Å². The summed E-state index contributed by atoms with van der Waals surface area (Å²) in [5.74, 6) is -0.362. The number of hydrogen-bond donors (Lipinski definition) is 2. The number of nitrogens with two attached hydrogens (primary N) is 1. The lowest BCUT2D eigenvalue weighted by molar-refractivity contribution is -0.154. The third-order valence-electron chi connectivity index (χ3n) is 9.19. The van der Waals surface area contributed by atoms with E-state index in [1.165, 1.54) is 32.1 Å². The van der Waals surface area contributed by atoms with Crippen LogP contribution in [0.2, 0.25) is 0 Å². The molecule has 0 aromatic heterocycles. The molecule has 0 aliphatic heterocycles. The van der Waals surface area contributed by atoms with E-state index in [1.54, 1.807) is 0 Å². The smallest absolute Gasteiger partial charge is 0.457 e. The summed E-state index contributed by atoms with van der Waals surface area (Å²) in [5.41, 5.74) is 5.38. The van der Waals surface area contributed by atoms with Gasteiger partial charge in [0, 0.05) is 19.6 Å². The number of esters is 1. The second kappa shape index (κ2) is 47.2. The fourth-order valence-electron chi connectivity index (χ4n) is 5.84. The van der Waals surface area contributed by atoms with E-state index in [-0.39, 0.29) is 38.8 Å². The third-order valence-corrected chi connectivity index (χ3v) is 10.2. The minimum atomic E-state index is -4.30. The minimum absolute atomic E-state index is 0.0879. The number of phosphoric acid groups is 1. The Labute approximate surface area is 367 Å². The van der Waals surface area contributed by atoms with Gasteiger partial charge in [-0.25, -0.2) is 4.57 Å². The fraction of sp³-hybridized carbons (Fsp3) is 0.627. The molecule has 0 spiro atoms. The molecular weight excluding hydrogens is 770 g/mol. The highest BCUT2D eigenvalue weighted by molar-refractivity contribution is 7.47. The summed E-state index contributed by atoms with van der Waals surface area (Å²) in [6.07, 6.45) is 63.9. The van der Waals surface area contributed by atoms with Crippen LogP contribution >= 0.6 is 7.82 Å². The first-order valence-electron chi connectivity index (χ1n) is 23.4. The van der Waals surface area contributed by atoms with Crippen LogP contribution in [0.15, 0.2) is 109 Å². The van der Waals surface area contributed by atoms with Gasteiger partial charge in [-0.05, 0) is 96.3 Å². The normalized spacial score (nSPS) is 14.4. The highest BCUT2D eigenvalue weighted by Gasteiger charge is 2.25. The molecule has 60 heavy (non-hydrogen) atoms. The Morgan fingerprint density at radius 1 is 0.500 bits per heavy atom. The molecular formula is C51H86NO7P. The van der Waals surface area contributed by atoms with Crippen molar-refractivity contribution in [2.24, 2.45) is 5.73 Å². The maximum absolute atomic E-state index is 12.6. The predicted octanol–water partition coefficient (Wildman–Crippen LogP) is 14.4. The first kappa shape index (κ1) is 57.2. The van der Waals surface area contributed by atoms with Crippen molar-refractivity contribution in [3.05, 3.63) is 109 Å². The zero-order chi connectivity index (χ0) is 43.7. The molecule has 0 saturated carbocycles. The topological polar surface area (TPSA) is 117 Å². The van der Waals surface area contributed by atoms with Crippen molar-refractivity contribution >= 4 is 13.8 Å². The van der Waals surface area contributed by atoms with Crippen molar-refractivity contribution in [3.8, 4) is 0 Å². The van der Waals surface area contributed by atoms with E-state index in [2.05, 4.69) is 123 Å². The summed E-state index contributed by atoms with van der Waals surface area (Å²) in [6.45, 7) is 4.62. The maximum Gasteiger partial charge on any atom is 0.472 e. The Morgan fingerprint density at radius 3 is 1.32 bits per heavy atom. The predicted molar refractivity (Wildman–Crippen MR) is 256 cm³/mol. The molecule has 2 unspecified atom stereocenters. The molecule has 0 amide bonds. The maximum atomic E-state index is 12.6. The number of hydrogen-bond acceptors (Lipinski definition) is 7. The van der Waals surface area contributed by atoms with E-state index in [0.29, 0.717) is 6.61 Å². The van der Waals surface area contributed by atoms with Gasteiger partial charge >= 0.3 is 13.8 Å². The van der Waals surface area contributed by atoms with Crippen molar-refractivity contribution in [2.45, 2.75) is 174 Å². The van der Waals surface area contributed by atoms with Gasteiger partial charge in [-0.15, -0.1) is 0 Å². The van der Waals surface area contributed by atoms with Gasteiger partial charge in [0.2, 0.25) is 0 Å². The van der Waals surface area contributed by atoms with Gasteiger partial charge in [0.05, 0.1) is 19.8 Å². The molecule has 342 valence electrons. The number of allylic oxidation sites excluding steroid dienone is 18. The number of rotatable bonds is 43. The lowest BCUT2D eigenvalue weighted by Crippen LogP contribution is -2.28. The van der Waals surface area contributed by atoms with E-state index in [4.69, 9.17) is 24.3 Å². The van der Waals surface area contributed by atoms with Crippen molar-refractivity contribution in [2.75, 3.05) is 33.0 Å². The third kappa shape index (κ3) is 46.2. The molecule has 0 aliphatic carbocycles. The van der Waals surface area contributed by atoms with Crippen LogP contribution < -0.4 is 5.73 Å². The van der Waals surface area contributed by atoms with E-state index in [1.807, 2.05) is 0 Å². The Kier molecular flexibility index (Phi) is 45.0. The summed E-state index contributed by atoms with van der Waals surface area (Å²) in [6, 6.07) is 0. The van der Waals surface area contributed by atoms with Crippen molar-refractivity contribution in [1.29, 1.82) is 0 Å². The van der Waals surface area contributed by atoms with Crippen LogP contribution in [0.1, 0.15) is 168 Å². The second-order valence-electron chi connectivity index (χ2n) is 14.9. The zero-order valence-electron chi connectivity index (χ0n) is 37.9. The van der Waals surface area contributed by atoms with Gasteiger partial charge in [0.1, 0.15) is 6.10 Å². The van der Waals surface area contributed by atoms with Crippen LogP contribution in [0.4, 0.5) is 0 Å². The standard InChI is InChI=1S/C51H86NO7P/c1-3-5-7-9-11-13-15-17-19-21-23-24-25-26-27-28-30-32-34-36-38-40-42-44-51(53)59-50(49-58-60(54,55)57-47-45-52)48-56-46-43-41-39-37-35-33-31-29-22-20-18-16-14-12-10-8-6-4-2/h5-8,11-14,17-20,23-24,26-27,30,32,50H,3-4,9-10,15-16,21-22,25,28-29,31,33-49,52H2,1-2H3,(H,54,55)/b7-5-,8-6-,13-11-,14-12-,19-17-,20-18-,24-23-,27-26-,32-30-. The first-order chi connectivity index (χ1) is 29.4. The second-order valence-corrected chi connectivity index (χ2v) is 16.3. The lowest BCUT2D eigenvalue weighted by Gasteiger charge is -2.20. The number of ether oxygens (including phenoxy) is 2. The quantitative estimate of drug-likeness (QED) is 0.0269. The SMILES string of the molecule is CC/C=C\C/C=C\C/C=C\C/C=C\C/C=C\C/C=C\CCCCCCC(=O)OC(COCCCCCCCCCC/C=C\C/C=C\C/C=C\CC)COP(=O)(O)OCCN. The molecule has 0 bridgehead atoms. The van der Waals surface area contributed by atoms with Gasteiger partial charge < -0.3 is 20.1 Å². The molecule has 0 aliphatic rings. The Balaban J connectivity index is 4.10. The van der Waals surface area contributed by atoms with Gasteiger partial charge in [-0.1, -0.05) is 175 Å². The molecule has 8 nitrogen and oxygen atoms in total. The number of carbonyl (C=O) groups excluding carboxylic acids is 1. The minimum Gasteiger partial charge on any atom is -0.457 e. The van der Waals surface area contributed by atoms with E-state index in [9.17, 15) is 14.3 Å². The summed E-state index contributed by atoms with van der Waals surface area (Å²) >= 11 is 0. The summed E-state index contributed by atoms with van der Waals surface area (Å²) in [4.78, 5) is 22.5. The van der Waals surface area contributed by atoms with Gasteiger partial charge in [-0.3, -0.25) is 13.8 Å². The molecule has 0 heterocycles. The molecule has 9 heteroatoms. The van der Waals surface area contributed by atoms with Gasteiger partial charge in [-0.2, -0.15) is 0 Å². The van der Waals surface area contributed by atoms with E-state index in [0.717, 1.165) is 116 Å². The average molecular weight is 856 g/mol. The highest BCUT2D eigenvalue weighted by atomic mass is 31.2. The average Bonchev–Trinajstić information content (AvgIpc) is 3.24. The molecule has 0 fully saturated rings. The molecule has 3 N–H and O–H groups in total. The molecule has 0 aromatic carbocycles. The van der Waals surface area contributed by atoms with Gasteiger partial charge in [0.15, 0.2) is 0 Å². The van der Waals surface area contributed by atoms with Crippen LogP contribution in [-0.4, -0.2) is 49.9 Å². The van der Waals surface area contributed by atoms with Crippen LogP contribution in [0.5, 0.6) is 0 Å². The summed E-state index contributed by atoms with van der Waals surface area (Å²) < 4.78 is 33.5. The van der Waals surface area contributed by atoms with Crippen LogP contribution in [0.3, 0.4) is 0 Å². The number of carbonyl (C=O) groups is 1. The molecule has 0 radical (unpaired) electrons. The van der Waals surface area contributed by atoms with Crippen LogP contribution in [0, 0.1) is 0 Å². The summed E-state index contributed by atoms with van der Waals surface area (Å²) in [5, 5.41) is 0. The van der Waals surface area contributed by atoms with Crippen molar-refractivity contribution in [1.82, 2.24) is 0 Å². The van der Waals surface area contributed by atoms with Crippen LogP contribution in [0.25, 0.3) is 0 Å². The molecule has 2 atom stereocenters.